The maximum atomic E-state index is 13.5. The van der Waals surface area contributed by atoms with Crippen molar-refractivity contribution in [1.82, 2.24) is 4.90 Å². The van der Waals surface area contributed by atoms with Crippen LogP contribution in [0.25, 0.3) is 0 Å². The second-order valence-corrected chi connectivity index (χ2v) is 4.79. The Labute approximate surface area is 107 Å². The molecule has 0 spiro atoms. The third kappa shape index (κ3) is 3.43. The van der Waals surface area contributed by atoms with Gasteiger partial charge in [-0.05, 0) is 37.0 Å². The van der Waals surface area contributed by atoms with Gasteiger partial charge < -0.3 is 14.7 Å². The van der Waals surface area contributed by atoms with Gasteiger partial charge >= 0.3 is 0 Å². The summed E-state index contributed by atoms with van der Waals surface area (Å²) in [6.07, 6.45) is 2.38. The Balaban J connectivity index is 1.84. The SMILES string of the molecule is COc1ccc(CCN2CCC(O)CC2)cc1F. The standard InChI is InChI=1S/C14H20FNO2/c1-18-14-3-2-11(10-13(14)15)4-7-16-8-5-12(17)6-9-16/h2-3,10,12,17H,4-9H2,1H3. The minimum absolute atomic E-state index is 0.139. The Kier molecular flexibility index (Phi) is 4.55. The van der Waals surface area contributed by atoms with Crippen LogP contribution in [0.5, 0.6) is 5.75 Å². The molecule has 2 rings (SSSR count). The first kappa shape index (κ1) is 13.3. The van der Waals surface area contributed by atoms with Crippen molar-refractivity contribution >= 4 is 0 Å². The highest BCUT2D eigenvalue weighted by molar-refractivity contribution is 5.29. The molecule has 1 N–H and O–H groups in total. The molecule has 18 heavy (non-hydrogen) atoms. The highest BCUT2D eigenvalue weighted by atomic mass is 19.1. The molecule has 0 aromatic heterocycles. The van der Waals surface area contributed by atoms with Crippen molar-refractivity contribution in [1.29, 1.82) is 0 Å². The van der Waals surface area contributed by atoms with E-state index < -0.39 is 0 Å². The van der Waals surface area contributed by atoms with E-state index >= 15 is 0 Å². The predicted octanol–water partition coefficient (Wildman–Crippen LogP) is 1.83. The number of likely N-dealkylation sites (tertiary alicyclic amines) is 1. The first-order valence-corrected chi connectivity index (χ1v) is 6.42. The third-order valence-corrected chi connectivity index (χ3v) is 3.49. The fraction of sp³-hybridized carbons (Fsp3) is 0.571. The molecule has 1 heterocycles. The molecule has 0 bridgehead atoms. The number of aliphatic hydroxyl groups is 1. The highest BCUT2D eigenvalue weighted by Gasteiger charge is 2.16. The minimum Gasteiger partial charge on any atom is -0.494 e. The van der Waals surface area contributed by atoms with Crippen molar-refractivity contribution in [2.75, 3.05) is 26.7 Å². The predicted molar refractivity (Wildman–Crippen MR) is 68.3 cm³/mol. The van der Waals surface area contributed by atoms with Crippen LogP contribution < -0.4 is 4.74 Å². The molecule has 1 aromatic carbocycles. The lowest BCUT2D eigenvalue weighted by Crippen LogP contribution is -2.37. The summed E-state index contributed by atoms with van der Waals surface area (Å²) in [4.78, 5) is 2.31. The molecule has 4 heteroatoms. The highest BCUT2D eigenvalue weighted by Crippen LogP contribution is 2.18. The second-order valence-electron chi connectivity index (χ2n) is 4.79. The van der Waals surface area contributed by atoms with Crippen LogP contribution in [-0.2, 0) is 6.42 Å². The number of hydrogen-bond acceptors (Lipinski definition) is 3. The van der Waals surface area contributed by atoms with Crippen molar-refractivity contribution in [2.24, 2.45) is 0 Å². The summed E-state index contributed by atoms with van der Waals surface area (Å²) in [5.41, 5.74) is 0.986. The Hall–Kier alpha value is -1.13. The van der Waals surface area contributed by atoms with E-state index in [4.69, 9.17) is 4.74 Å². The van der Waals surface area contributed by atoms with Crippen LogP contribution in [0.4, 0.5) is 4.39 Å². The summed E-state index contributed by atoms with van der Waals surface area (Å²) in [6.45, 7) is 2.78. The average Bonchev–Trinajstić information content (AvgIpc) is 2.38. The van der Waals surface area contributed by atoms with Gasteiger partial charge in [0.25, 0.3) is 0 Å². The number of benzene rings is 1. The molecule has 0 aliphatic carbocycles. The molecular formula is C14H20FNO2. The molecule has 1 aliphatic heterocycles. The molecule has 0 amide bonds. The van der Waals surface area contributed by atoms with Crippen molar-refractivity contribution in [3.05, 3.63) is 29.6 Å². The summed E-state index contributed by atoms with van der Waals surface area (Å²) >= 11 is 0. The summed E-state index contributed by atoms with van der Waals surface area (Å²) in [7, 11) is 1.47. The van der Waals surface area contributed by atoms with Crippen LogP contribution in [0, 0.1) is 5.82 Å². The average molecular weight is 253 g/mol. The van der Waals surface area contributed by atoms with Gasteiger partial charge in [0.2, 0.25) is 0 Å². The zero-order valence-electron chi connectivity index (χ0n) is 10.7. The van der Waals surface area contributed by atoms with Gasteiger partial charge in [-0.1, -0.05) is 6.07 Å². The fourth-order valence-electron chi connectivity index (χ4n) is 2.30. The van der Waals surface area contributed by atoms with Crippen LogP contribution in [0.3, 0.4) is 0 Å². The van der Waals surface area contributed by atoms with Gasteiger partial charge in [-0.3, -0.25) is 0 Å². The molecule has 3 nitrogen and oxygen atoms in total. The monoisotopic (exact) mass is 253 g/mol. The third-order valence-electron chi connectivity index (χ3n) is 3.49. The van der Waals surface area contributed by atoms with Gasteiger partial charge in [-0.25, -0.2) is 4.39 Å². The van der Waals surface area contributed by atoms with Gasteiger partial charge in [-0.2, -0.15) is 0 Å². The normalized spacial score (nSPS) is 17.9. The molecule has 1 aromatic rings. The van der Waals surface area contributed by atoms with Crippen molar-refractivity contribution < 1.29 is 14.2 Å². The zero-order valence-corrected chi connectivity index (χ0v) is 10.7. The molecular weight excluding hydrogens is 233 g/mol. The number of halogens is 1. The number of aliphatic hydroxyl groups excluding tert-OH is 1. The number of ether oxygens (including phenoxy) is 1. The molecule has 1 fully saturated rings. The molecule has 100 valence electrons. The van der Waals surface area contributed by atoms with Crippen LogP contribution >= 0.6 is 0 Å². The zero-order chi connectivity index (χ0) is 13.0. The molecule has 0 atom stereocenters. The summed E-state index contributed by atoms with van der Waals surface area (Å²) in [6, 6.07) is 5.11. The first-order chi connectivity index (χ1) is 8.69. The van der Waals surface area contributed by atoms with Crippen LogP contribution in [0.1, 0.15) is 18.4 Å². The molecule has 0 radical (unpaired) electrons. The van der Waals surface area contributed by atoms with Crippen LogP contribution in [0.2, 0.25) is 0 Å². The van der Waals surface area contributed by atoms with E-state index in [0.717, 1.165) is 44.5 Å². The summed E-state index contributed by atoms with van der Waals surface area (Å²) < 4.78 is 18.4. The summed E-state index contributed by atoms with van der Waals surface area (Å²) in [5, 5.41) is 9.42. The van der Waals surface area contributed by atoms with Gasteiger partial charge in [0.15, 0.2) is 11.6 Å². The molecule has 0 saturated carbocycles. The van der Waals surface area contributed by atoms with Gasteiger partial charge in [0, 0.05) is 19.6 Å². The number of methoxy groups -OCH3 is 1. The van der Waals surface area contributed by atoms with E-state index in [2.05, 4.69) is 4.90 Å². The topological polar surface area (TPSA) is 32.7 Å². The Morgan fingerprint density at radius 1 is 1.39 bits per heavy atom. The van der Waals surface area contributed by atoms with E-state index in [-0.39, 0.29) is 11.9 Å². The summed E-state index contributed by atoms with van der Waals surface area (Å²) in [5.74, 6) is -0.0103. The van der Waals surface area contributed by atoms with E-state index in [1.54, 1.807) is 6.07 Å². The maximum absolute atomic E-state index is 13.5. The van der Waals surface area contributed by atoms with E-state index in [1.807, 2.05) is 6.07 Å². The smallest absolute Gasteiger partial charge is 0.165 e. The van der Waals surface area contributed by atoms with E-state index in [0.29, 0.717) is 5.75 Å². The van der Waals surface area contributed by atoms with Crippen molar-refractivity contribution in [3.63, 3.8) is 0 Å². The minimum atomic E-state index is -0.302. The van der Waals surface area contributed by atoms with Crippen LogP contribution in [-0.4, -0.2) is 42.9 Å². The second kappa shape index (κ2) is 6.16. The lowest BCUT2D eigenvalue weighted by atomic mass is 10.1. The van der Waals surface area contributed by atoms with E-state index in [1.165, 1.54) is 13.2 Å². The first-order valence-electron chi connectivity index (χ1n) is 6.42. The maximum Gasteiger partial charge on any atom is 0.165 e. The van der Waals surface area contributed by atoms with Gasteiger partial charge in [-0.15, -0.1) is 0 Å². The van der Waals surface area contributed by atoms with Crippen molar-refractivity contribution in [2.45, 2.75) is 25.4 Å². The Morgan fingerprint density at radius 2 is 2.11 bits per heavy atom. The quantitative estimate of drug-likeness (QED) is 0.888. The largest absolute Gasteiger partial charge is 0.494 e. The number of hydrogen-bond donors (Lipinski definition) is 1. The lowest BCUT2D eigenvalue weighted by molar-refractivity contribution is 0.0832. The van der Waals surface area contributed by atoms with Crippen LogP contribution in [0.15, 0.2) is 18.2 Å². The Morgan fingerprint density at radius 3 is 2.72 bits per heavy atom. The fourth-order valence-corrected chi connectivity index (χ4v) is 2.30. The molecule has 1 saturated heterocycles. The molecule has 1 aliphatic rings. The van der Waals surface area contributed by atoms with Gasteiger partial charge in [0.1, 0.15) is 0 Å². The number of piperidine rings is 1. The van der Waals surface area contributed by atoms with Gasteiger partial charge in [0.05, 0.1) is 13.2 Å². The van der Waals surface area contributed by atoms with E-state index in [9.17, 15) is 9.50 Å². The molecule has 0 unspecified atom stereocenters. The Bertz CT molecular complexity index is 389. The van der Waals surface area contributed by atoms with Crippen molar-refractivity contribution in [3.8, 4) is 5.75 Å². The number of nitrogens with zero attached hydrogens (tertiary/aromatic N) is 1. The lowest BCUT2D eigenvalue weighted by Gasteiger charge is -2.29. The number of rotatable bonds is 4.